The first-order valence-corrected chi connectivity index (χ1v) is 10.2. The Hall–Kier alpha value is -2.28. The van der Waals surface area contributed by atoms with Crippen LogP contribution in [0.3, 0.4) is 0 Å². The fourth-order valence-corrected chi connectivity index (χ4v) is 2.56. The molecule has 0 aliphatic heterocycles. The lowest BCUT2D eigenvalue weighted by atomic mass is 10.3. The number of likely N-dealkylation sites (N-methyl/N-ethyl adjacent to an activating group) is 2. The van der Waals surface area contributed by atoms with Gasteiger partial charge in [0.05, 0.1) is 60.4 Å². The number of nitrogens with zero attached hydrogens (tertiary/aromatic N) is 4. The molecular weight excluding hydrogens is 408 g/mol. The predicted octanol–water partition coefficient (Wildman–Crippen LogP) is -2.74. The van der Waals surface area contributed by atoms with Crippen LogP contribution in [0.5, 0.6) is 0 Å². The summed E-state index contributed by atoms with van der Waals surface area (Å²) in [6.45, 7) is 1.55. The molecule has 0 saturated carbocycles. The lowest BCUT2D eigenvalue weighted by molar-refractivity contribution is -0.869. The van der Waals surface area contributed by atoms with E-state index in [1.54, 1.807) is 0 Å². The number of quaternary nitrogens is 1. The van der Waals surface area contributed by atoms with Gasteiger partial charge in [0, 0.05) is 26.2 Å². The first kappa shape index (κ1) is 28.7. The van der Waals surface area contributed by atoms with E-state index in [1.165, 1.54) is 9.80 Å². The van der Waals surface area contributed by atoms with Crippen LogP contribution in [0.2, 0.25) is 0 Å². The third-order valence-corrected chi connectivity index (χ3v) is 4.17. The summed E-state index contributed by atoms with van der Waals surface area (Å²) in [6.07, 6.45) is 0. The molecule has 0 saturated heterocycles. The summed E-state index contributed by atoms with van der Waals surface area (Å²) < 4.78 is 0.680. The molecule has 2 amide bonds. The van der Waals surface area contributed by atoms with E-state index in [1.807, 2.05) is 40.1 Å². The number of carboxylic acids is 2. The summed E-state index contributed by atoms with van der Waals surface area (Å²) in [5, 5.41) is 23.7. The van der Waals surface area contributed by atoms with Gasteiger partial charge in [-0.15, -0.1) is 0 Å². The van der Waals surface area contributed by atoms with Gasteiger partial charge in [-0.05, 0) is 14.1 Å². The molecule has 0 unspecified atom stereocenters. The first-order valence-electron chi connectivity index (χ1n) is 10.2. The number of carbonyl (C=O) groups excluding carboxylic acids is 2. The second-order valence-electron chi connectivity index (χ2n) is 8.73. The van der Waals surface area contributed by atoms with E-state index in [0.717, 1.165) is 6.54 Å². The van der Waals surface area contributed by atoms with Crippen LogP contribution in [-0.2, 0) is 19.2 Å². The molecule has 0 aliphatic rings. The Balaban J connectivity index is 4.74. The summed E-state index contributed by atoms with van der Waals surface area (Å²) in [5.74, 6) is -2.80. The highest BCUT2D eigenvalue weighted by molar-refractivity contribution is 5.79. The van der Waals surface area contributed by atoms with Gasteiger partial charge >= 0.3 is 11.9 Å². The molecule has 0 fully saturated rings. The van der Waals surface area contributed by atoms with Gasteiger partial charge < -0.3 is 30.2 Å². The molecule has 0 rings (SSSR count). The molecule has 0 spiro atoms. The first-order chi connectivity index (χ1) is 14.3. The fraction of sp³-hybridized carbons (Fsp3) is 0.789. The molecule has 4 N–H and O–H groups in total. The summed E-state index contributed by atoms with van der Waals surface area (Å²) in [7, 11) is 9.74. The molecule has 0 aliphatic carbocycles. The molecule has 180 valence electrons. The Morgan fingerprint density at radius 3 is 1.48 bits per heavy atom. The van der Waals surface area contributed by atoms with E-state index >= 15 is 0 Å². The predicted molar refractivity (Wildman–Crippen MR) is 116 cm³/mol. The van der Waals surface area contributed by atoms with Crippen LogP contribution in [0.25, 0.3) is 0 Å². The molecule has 0 heterocycles. The maximum absolute atomic E-state index is 12.2. The third-order valence-electron chi connectivity index (χ3n) is 4.17. The van der Waals surface area contributed by atoms with Crippen LogP contribution < -0.4 is 10.6 Å². The van der Waals surface area contributed by atoms with Crippen molar-refractivity contribution >= 4 is 23.8 Å². The highest BCUT2D eigenvalue weighted by Gasteiger charge is 2.19. The summed E-state index contributed by atoms with van der Waals surface area (Å²) in [4.78, 5) is 51.3. The molecule has 0 aromatic carbocycles. The third kappa shape index (κ3) is 18.2. The molecule has 12 nitrogen and oxygen atoms in total. The van der Waals surface area contributed by atoms with Crippen molar-refractivity contribution in [3.8, 4) is 0 Å². The molecule has 12 heteroatoms. The Morgan fingerprint density at radius 1 is 0.710 bits per heavy atom. The van der Waals surface area contributed by atoms with Crippen LogP contribution in [0.15, 0.2) is 0 Å². The van der Waals surface area contributed by atoms with Gasteiger partial charge in [-0.3, -0.25) is 29.0 Å². The second kappa shape index (κ2) is 14.7. The Labute approximate surface area is 184 Å². The molecule has 0 aromatic heterocycles. The largest absolute Gasteiger partial charge is 0.480 e. The molecular formula is C19H39N6O6+. The maximum Gasteiger partial charge on any atom is 0.317 e. The Bertz CT molecular complexity index is 593. The lowest BCUT2D eigenvalue weighted by Gasteiger charge is -2.26. The normalized spacial score (nSPS) is 11.7. The van der Waals surface area contributed by atoms with E-state index < -0.39 is 11.9 Å². The van der Waals surface area contributed by atoms with Gasteiger partial charge in [-0.2, -0.15) is 0 Å². The highest BCUT2D eigenvalue weighted by atomic mass is 16.4. The minimum absolute atomic E-state index is 0.126. The van der Waals surface area contributed by atoms with Crippen molar-refractivity contribution in [2.75, 3.05) is 101 Å². The van der Waals surface area contributed by atoms with Gasteiger partial charge in [0.2, 0.25) is 11.8 Å². The fourth-order valence-electron chi connectivity index (χ4n) is 2.56. The average molecular weight is 448 g/mol. The number of hydrogen-bond acceptors (Lipinski definition) is 7. The van der Waals surface area contributed by atoms with E-state index in [2.05, 4.69) is 10.6 Å². The van der Waals surface area contributed by atoms with Gasteiger partial charge in [0.15, 0.2) is 0 Å². The van der Waals surface area contributed by atoms with Crippen molar-refractivity contribution in [1.82, 2.24) is 25.3 Å². The van der Waals surface area contributed by atoms with Crippen LogP contribution in [0, 0.1) is 0 Å². The number of carbonyl (C=O) groups is 4. The molecule has 0 aromatic rings. The Morgan fingerprint density at radius 2 is 1.13 bits per heavy atom. The second-order valence-corrected chi connectivity index (χ2v) is 8.73. The van der Waals surface area contributed by atoms with E-state index in [4.69, 9.17) is 10.2 Å². The van der Waals surface area contributed by atoms with Gasteiger partial charge in [-0.1, -0.05) is 0 Å². The van der Waals surface area contributed by atoms with E-state index in [9.17, 15) is 19.2 Å². The minimum Gasteiger partial charge on any atom is -0.480 e. The van der Waals surface area contributed by atoms with Crippen molar-refractivity contribution in [2.24, 2.45) is 0 Å². The maximum atomic E-state index is 12.2. The summed E-state index contributed by atoms with van der Waals surface area (Å²) >= 11 is 0. The number of nitrogens with one attached hydrogen (secondary N) is 2. The van der Waals surface area contributed by atoms with Crippen LogP contribution in [-0.4, -0.2) is 154 Å². The minimum atomic E-state index is -1.09. The number of rotatable bonds is 17. The average Bonchev–Trinajstić information content (AvgIpc) is 2.56. The SMILES string of the molecule is CN(C)CCNC(=O)CN(CCN(CC(=O)O)CC(=O)NCC[N+](C)(C)C)CC(=O)O. The van der Waals surface area contributed by atoms with Gasteiger partial charge in [0.1, 0.15) is 0 Å². The van der Waals surface area contributed by atoms with Crippen molar-refractivity contribution < 1.29 is 33.9 Å². The zero-order chi connectivity index (χ0) is 24.0. The molecule has 0 atom stereocenters. The van der Waals surface area contributed by atoms with E-state index in [0.29, 0.717) is 24.1 Å². The van der Waals surface area contributed by atoms with Crippen molar-refractivity contribution in [2.45, 2.75) is 0 Å². The summed E-state index contributed by atoms with van der Waals surface area (Å²) in [5.41, 5.74) is 0. The van der Waals surface area contributed by atoms with Crippen LogP contribution in [0.4, 0.5) is 0 Å². The molecule has 0 radical (unpaired) electrons. The van der Waals surface area contributed by atoms with Crippen molar-refractivity contribution in [3.63, 3.8) is 0 Å². The zero-order valence-corrected chi connectivity index (χ0v) is 19.4. The van der Waals surface area contributed by atoms with E-state index in [-0.39, 0.29) is 51.1 Å². The highest BCUT2D eigenvalue weighted by Crippen LogP contribution is 1.95. The zero-order valence-electron chi connectivity index (χ0n) is 19.4. The van der Waals surface area contributed by atoms with Crippen LogP contribution >= 0.6 is 0 Å². The van der Waals surface area contributed by atoms with Gasteiger partial charge in [-0.25, -0.2) is 0 Å². The Kier molecular flexibility index (Phi) is 13.6. The summed E-state index contributed by atoms with van der Waals surface area (Å²) in [6, 6.07) is 0. The monoisotopic (exact) mass is 447 g/mol. The van der Waals surface area contributed by atoms with Crippen LogP contribution in [0.1, 0.15) is 0 Å². The molecule has 0 bridgehead atoms. The van der Waals surface area contributed by atoms with Crippen molar-refractivity contribution in [1.29, 1.82) is 0 Å². The topological polar surface area (TPSA) is 143 Å². The number of hydrogen-bond donors (Lipinski definition) is 4. The lowest BCUT2D eigenvalue weighted by Crippen LogP contribution is -2.48. The molecule has 31 heavy (non-hydrogen) atoms. The number of aliphatic carboxylic acids is 2. The quantitative estimate of drug-likeness (QED) is 0.175. The number of amides is 2. The van der Waals surface area contributed by atoms with Crippen molar-refractivity contribution in [3.05, 3.63) is 0 Å². The smallest absolute Gasteiger partial charge is 0.317 e. The standard InChI is InChI=1S/C19H38N6O6/c1-22(2)8-6-20-16(26)12-23(14-18(28)29)9-10-24(15-19(30)31)13-17(27)21-7-11-25(3,4)5/h6-15H2,1-5H3,(H3-,20,21,26,27,28,29,30,31)/p+1. The van der Waals surface area contributed by atoms with Gasteiger partial charge in [0.25, 0.3) is 0 Å². The number of carboxylic acid groups (broad SMARTS) is 2.